The highest BCUT2D eigenvalue weighted by molar-refractivity contribution is 7.89. The highest BCUT2D eigenvalue weighted by Crippen LogP contribution is 2.24. The van der Waals surface area contributed by atoms with Crippen LogP contribution in [0.2, 0.25) is 0 Å². The Morgan fingerprint density at radius 1 is 1.38 bits per heavy atom. The third-order valence-electron chi connectivity index (χ3n) is 2.54. The molecule has 6 nitrogen and oxygen atoms in total. The number of sulfonamides is 1. The lowest BCUT2D eigenvalue weighted by molar-refractivity contribution is 0.563. The highest BCUT2D eigenvalue weighted by atomic mass is 32.2. The van der Waals surface area contributed by atoms with Crippen LogP contribution in [0.4, 0.5) is 0 Å². The summed E-state index contributed by atoms with van der Waals surface area (Å²) in [6.07, 6.45) is 0.409. The van der Waals surface area contributed by atoms with Crippen molar-refractivity contribution >= 4 is 10.0 Å². The van der Waals surface area contributed by atoms with Gasteiger partial charge in [0, 0.05) is 12.1 Å². The summed E-state index contributed by atoms with van der Waals surface area (Å²) in [5.41, 5.74) is 0.323. The molecule has 0 bridgehead atoms. The van der Waals surface area contributed by atoms with Crippen molar-refractivity contribution in [3.05, 3.63) is 21.6 Å². The zero-order valence-electron chi connectivity index (χ0n) is 9.07. The number of rotatable bonds is 1. The third kappa shape index (κ3) is 1.65. The summed E-state index contributed by atoms with van der Waals surface area (Å²) in [7, 11) is -3.57. The first kappa shape index (κ1) is 11.3. The van der Waals surface area contributed by atoms with E-state index in [4.69, 9.17) is 0 Å². The van der Waals surface area contributed by atoms with E-state index in [1.165, 1.54) is 0 Å². The fraction of sp³-hybridized carbons (Fsp3) is 0.556. The fourth-order valence-electron chi connectivity index (χ4n) is 1.79. The van der Waals surface area contributed by atoms with Gasteiger partial charge in [-0.2, -0.15) is 5.10 Å². The Kier molecular flexibility index (Phi) is 2.59. The number of aromatic nitrogens is 2. The summed E-state index contributed by atoms with van der Waals surface area (Å²) in [6.45, 7) is 3.94. The minimum absolute atomic E-state index is 0.0553. The van der Waals surface area contributed by atoms with Gasteiger partial charge in [0.1, 0.15) is 4.90 Å². The van der Waals surface area contributed by atoms with Gasteiger partial charge in [-0.25, -0.2) is 18.2 Å². The van der Waals surface area contributed by atoms with E-state index in [0.29, 0.717) is 17.7 Å². The number of fused-ring (bicyclic) bond motifs is 1. The number of nitrogens with zero attached hydrogens (tertiary/aromatic N) is 1. The predicted octanol–water partition coefficient (Wildman–Crippen LogP) is -0.272. The molecule has 0 aliphatic carbocycles. The molecule has 1 aliphatic heterocycles. The van der Waals surface area contributed by atoms with E-state index < -0.39 is 15.6 Å². The largest absolute Gasteiger partial charge is 0.268 e. The molecular formula is C9H13N3O3S. The lowest BCUT2D eigenvalue weighted by Gasteiger charge is -2.19. The Bertz CT molecular complexity index is 574. The molecule has 1 aliphatic rings. The lowest BCUT2D eigenvalue weighted by atomic mass is 10.1. The lowest BCUT2D eigenvalue weighted by Crippen LogP contribution is -2.37. The SMILES string of the molecule is CC(C)c1n[nH]c(=O)c2c1S(=O)(=O)NCC2. The average molecular weight is 243 g/mol. The fourth-order valence-corrected chi connectivity index (χ4v) is 3.38. The van der Waals surface area contributed by atoms with E-state index in [-0.39, 0.29) is 17.4 Å². The second kappa shape index (κ2) is 3.67. The van der Waals surface area contributed by atoms with Crippen LogP contribution in [0.5, 0.6) is 0 Å². The smallest absolute Gasteiger partial charge is 0.268 e. The zero-order valence-corrected chi connectivity index (χ0v) is 9.89. The van der Waals surface area contributed by atoms with Crippen molar-refractivity contribution in [1.29, 1.82) is 0 Å². The van der Waals surface area contributed by atoms with Gasteiger partial charge in [-0.15, -0.1) is 0 Å². The molecule has 0 fully saturated rings. The maximum atomic E-state index is 11.8. The Morgan fingerprint density at radius 2 is 2.06 bits per heavy atom. The molecule has 0 unspecified atom stereocenters. The van der Waals surface area contributed by atoms with Crippen LogP contribution in [0.3, 0.4) is 0 Å². The summed E-state index contributed by atoms with van der Waals surface area (Å²) in [4.78, 5) is 11.6. The molecule has 0 saturated carbocycles. The van der Waals surface area contributed by atoms with Crippen LogP contribution in [-0.4, -0.2) is 25.2 Å². The number of hydrogen-bond donors (Lipinski definition) is 2. The summed E-state index contributed by atoms with van der Waals surface area (Å²) >= 11 is 0. The summed E-state index contributed by atoms with van der Waals surface area (Å²) < 4.78 is 26.1. The quantitative estimate of drug-likeness (QED) is 0.710. The molecule has 1 aromatic heterocycles. The maximum absolute atomic E-state index is 11.8. The van der Waals surface area contributed by atoms with Crippen molar-refractivity contribution < 1.29 is 8.42 Å². The molecule has 88 valence electrons. The van der Waals surface area contributed by atoms with E-state index in [1.807, 2.05) is 13.8 Å². The molecule has 0 spiro atoms. The topological polar surface area (TPSA) is 91.9 Å². The normalized spacial score (nSPS) is 18.4. The molecule has 2 N–H and O–H groups in total. The first-order valence-electron chi connectivity index (χ1n) is 5.04. The van der Waals surface area contributed by atoms with Gasteiger partial charge >= 0.3 is 0 Å². The minimum Gasteiger partial charge on any atom is -0.268 e. The number of hydrogen-bond acceptors (Lipinski definition) is 4. The van der Waals surface area contributed by atoms with Crippen molar-refractivity contribution in [2.75, 3.05) is 6.54 Å². The van der Waals surface area contributed by atoms with E-state index in [2.05, 4.69) is 14.9 Å². The van der Waals surface area contributed by atoms with Gasteiger partial charge in [0.05, 0.1) is 5.69 Å². The molecule has 0 atom stereocenters. The van der Waals surface area contributed by atoms with Crippen LogP contribution < -0.4 is 10.3 Å². The van der Waals surface area contributed by atoms with Crippen LogP contribution in [0.25, 0.3) is 0 Å². The van der Waals surface area contributed by atoms with Crippen LogP contribution in [-0.2, 0) is 16.4 Å². The predicted molar refractivity (Wildman–Crippen MR) is 57.8 cm³/mol. The molecule has 16 heavy (non-hydrogen) atoms. The van der Waals surface area contributed by atoms with E-state index in [1.54, 1.807) is 0 Å². The molecule has 1 aromatic rings. The molecular weight excluding hydrogens is 230 g/mol. The summed E-state index contributed by atoms with van der Waals surface area (Å²) in [6, 6.07) is 0. The maximum Gasteiger partial charge on any atom is 0.268 e. The summed E-state index contributed by atoms with van der Waals surface area (Å²) in [5.74, 6) is -0.0553. The van der Waals surface area contributed by atoms with Gasteiger partial charge < -0.3 is 0 Å². The van der Waals surface area contributed by atoms with Gasteiger partial charge in [-0.3, -0.25) is 4.79 Å². The molecule has 0 radical (unpaired) electrons. The monoisotopic (exact) mass is 243 g/mol. The van der Waals surface area contributed by atoms with Crippen molar-refractivity contribution in [3.8, 4) is 0 Å². The van der Waals surface area contributed by atoms with Gasteiger partial charge in [-0.1, -0.05) is 13.8 Å². The molecule has 0 aromatic carbocycles. The van der Waals surface area contributed by atoms with Crippen LogP contribution in [0.1, 0.15) is 31.0 Å². The molecule has 2 heterocycles. The standard InChI is InChI=1S/C9H13N3O3S/c1-5(2)7-8-6(9(13)12-11-7)3-4-10-16(8,14)15/h5,10H,3-4H2,1-2H3,(H,12,13). The second-order valence-corrected chi connectivity index (χ2v) is 5.75. The number of nitrogens with one attached hydrogen (secondary N) is 2. The first-order valence-corrected chi connectivity index (χ1v) is 6.53. The summed E-state index contributed by atoms with van der Waals surface area (Å²) in [5, 5.41) is 6.18. The van der Waals surface area contributed by atoms with Crippen LogP contribution in [0, 0.1) is 0 Å². The Morgan fingerprint density at radius 3 is 2.69 bits per heavy atom. The second-order valence-electron chi connectivity index (χ2n) is 4.05. The number of H-pyrrole nitrogens is 1. The van der Waals surface area contributed by atoms with Crippen LogP contribution in [0.15, 0.2) is 9.69 Å². The van der Waals surface area contributed by atoms with Crippen molar-refractivity contribution in [2.45, 2.75) is 31.1 Å². The highest BCUT2D eigenvalue weighted by Gasteiger charge is 2.30. The Labute approximate surface area is 93.1 Å². The van der Waals surface area contributed by atoms with Crippen molar-refractivity contribution in [2.24, 2.45) is 0 Å². The Hall–Kier alpha value is -1.21. The van der Waals surface area contributed by atoms with Gasteiger partial charge in [-0.05, 0) is 12.3 Å². The minimum atomic E-state index is -3.57. The van der Waals surface area contributed by atoms with Gasteiger partial charge in [0.15, 0.2) is 0 Å². The van der Waals surface area contributed by atoms with Gasteiger partial charge in [0.2, 0.25) is 10.0 Å². The number of aromatic amines is 1. The molecule has 0 saturated heterocycles. The van der Waals surface area contributed by atoms with E-state index in [9.17, 15) is 13.2 Å². The van der Waals surface area contributed by atoms with Crippen LogP contribution >= 0.6 is 0 Å². The Balaban J connectivity index is 2.84. The van der Waals surface area contributed by atoms with Crippen molar-refractivity contribution in [1.82, 2.24) is 14.9 Å². The van der Waals surface area contributed by atoms with E-state index in [0.717, 1.165) is 0 Å². The van der Waals surface area contributed by atoms with E-state index >= 15 is 0 Å². The third-order valence-corrected chi connectivity index (χ3v) is 4.12. The zero-order chi connectivity index (χ0) is 11.9. The molecule has 7 heteroatoms. The first-order chi connectivity index (χ1) is 7.43. The molecule has 2 rings (SSSR count). The van der Waals surface area contributed by atoms with Crippen molar-refractivity contribution in [3.63, 3.8) is 0 Å². The molecule has 0 amide bonds. The van der Waals surface area contributed by atoms with Gasteiger partial charge in [0.25, 0.3) is 5.56 Å². The average Bonchev–Trinajstić information content (AvgIpc) is 2.18.